The first-order valence-electron chi connectivity index (χ1n) is 7.86. The zero-order valence-electron chi connectivity index (χ0n) is 12.7. The first kappa shape index (κ1) is 14.8. The van der Waals surface area contributed by atoms with Crippen molar-refractivity contribution in [2.45, 2.75) is 52.0 Å². The van der Waals surface area contributed by atoms with E-state index < -0.39 is 0 Å². The van der Waals surface area contributed by atoms with Crippen LogP contribution in [-0.2, 0) is 6.42 Å². The van der Waals surface area contributed by atoms with Crippen molar-refractivity contribution in [3.63, 3.8) is 0 Å². The van der Waals surface area contributed by atoms with Crippen LogP contribution in [0.4, 0.5) is 0 Å². The topological polar surface area (TPSA) is 17.8 Å². The van der Waals surface area contributed by atoms with Crippen molar-refractivity contribution in [3.8, 4) is 0 Å². The van der Waals surface area contributed by atoms with Crippen LogP contribution in [0.5, 0.6) is 0 Å². The third-order valence-electron chi connectivity index (χ3n) is 4.14. The second-order valence-electron chi connectivity index (χ2n) is 5.58. The van der Waals surface area contributed by atoms with Gasteiger partial charge in [0.25, 0.3) is 0 Å². The Morgan fingerprint density at radius 2 is 1.95 bits per heavy atom. The molecule has 0 fully saturated rings. The average molecular weight is 270 g/mol. The van der Waals surface area contributed by atoms with Crippen molar-refractivity contribution in [2.24, 2.45) is 5.92 Å². The number of unbranched alkanes of at least 4 members (excludes halogenated alkanes) is 1. The Kier molecular flexibility index (Phi) is 5.85. The number of hydrogen-bond acceptors (Lipinski definition) is 1. The molecule has 2 rings (SSSR count). The summed E-state index contributed by atoms with van der Waals surface area (Å²) in [5.74, 6) is 0.691. The van der Waals surface area contributed by atoms with Crippen molar-refractivity contribution in [1.29, 1.82) is 0 Å². The molecule has 2 unspecified atom stereocenters. The molecule has 1 aromatic carbocycles. The average Bonchev–Trinajstić information content (AvgIpc) is 3.00. The Labute approximate surface area is 122 Å². The summed E-state index contributed by atoms with van der Waals surface area (Å²) in [6.07, 6.45) is 12.2. The van der Waals surface area contributed by atoms with Gasteiger partial charge in [0, 0.05) is 18.4 Å². The van der Waals surface area contributed by atoms with E-state index in [1.165, 1.54) is 24.8 Å². The molecule has 0 saturated carbocycles. The Balaban J connectivity index is 2.13. The molecule has 0 saturated heterocycles. The highest BCUT2D eigenvalue weighted by molar-refractivity contribution is 5.15. The van der Waals surface area contributed by atoms with Gasteiger partial charge in [-0.15, -0.1) is 0 Å². The van der Waals surface area contributed by atoms with E-state index >= 15 is 0 Å². The van der Waals surface area contributed by atoms with Gasteiger partial charge < -0.3 is 4.57 Å². The van der Waals surface area contributed by atoms with E-state index in [9.17, 15) is 0 Å². The molecule has 0 bridgehead atoms. The van der Waals surface area contributed by atoms with Crippen LogP contribution in [0.3, 0.4) is 0 Å². The van der Waals surface area contributed by atoms with Crippen LogP contribution in [-0.4, -0.2) is 9.55 Å². The van der Waals surface area contributed by atoms with Crippen LogP contribution in [0.25, 0.3) is 0 Å². The van der Waals surface area contributed by atoms with E-state index in [1.807, 2.05) is 12.5 Å². The molecule has 1 aromatic heterocycles. The van der Waals surface area contributed by atoms with Crippen LogP contribution in [0.15, 0.2) is 49.1 Å². The lowest BCUT2D eigenvalue weighted by molar-refractivity contribution is 0.293. The minimum atomic E-state index is 0.559. The highest BCUT2D eigenvalue weighted by Crippen LogP contribution is 2.29. The minimum absolute atomic E-state index is 0.559. The lowest BCUT2D eigenvalue weighted by Gasteiger charge is -2.27. The van der Waals surface area contributed by atoms with E-state index in [0.29, 0.717) is 12.0 Å². The van der Waals surface area contributed by atoms with Gasteiger partial charge in [-0.3, -0.25) is 0 Å². The largest absolute Gasteiger partial charge is 0.334 e. The monoisotopic (exact) mass is 270 g/mol. The van der Waals surface area contributed by atoms with Crippen LogP contribution in [0.2, 0.25) is 0 Å². The quantitative estimate of drug-likeness (QED) is 0.668. The molecule has 2 nitrogen and oxygen atoms in total. The van der Waals surface area contributed by atoms with Gasteiger partial charge in [0.2, 0.25) is 0 Å². The van der Waals surface area contributed by atoms with E-state index in [0.717, 1.165) is 12.8 Å². The molecule has 20 heavy (non-hydrogen) atoms. The molecule has 108 valence electrons. The van der Waals surface area contributed by atoms with E-state index in [1.54, 1.807) is 0 Å². The summed E-state index contributed by atoms with van der Waals surface area (Å²) in [6, 6.07) is 11.4. The van der Waals surface area contributed by atoms with Gasteiger partial charge >= 0.3 is 0 Å². The molecule has 2 aromatic rings. The molecule has 2 atom stereocenters. The molecular formula is C18H26N2. The molecule has 0 spiro atoms. The first-order chi connectivity index (χ1) is 9.85. The standard InChI is InChI=1S/C18H26N2/c1-3-5-11-17(14-16-9-7-6-8-10-16)18(4-2)20-13-12-19-15-20/h6-10,12-13,15,17-18H,3-5,11,14H2,1-2H3. The molecule has 0 aliphatic rings. The number of imidazole rings is 1. The molecule has 0 aliphatic heterocycles. The molecule has 2 heteroatoms. The van der Waals surface area contributed by atoms with E-state index in [4.69, 9.17) is 0 Å². The normalized spacial score (nSPS) is 14.1. The van der Waals surface area contributed by atoms with Crippen molar-refractivity contribution in [1.82, 2.24) is 9.55 Å². The summed E-state index contributed by atoms with van der Waals surface area (Å²) >= 11 is 0. The van der Waals surface area contributed by atoms with Crippen LogP contribution in [0, 0.1) is 5.92 Å². The van der Waals surface area contributed by atoms with Crippen molar-refractivity contribution in [3.05, 3.63) is 54.6 Å². The number of benzene rings is 1. The summed E-state index contributed by atoms with van der Waals surface area (Å²) in [5, 5.41) is 0. The number of rotatable bonds is 8. The maximum Gasteiger partial charge on any atom is 0.0948 e. The van der Waals surface area contributed by atoms with Gasteiger partial charge in [0.15, 0.2) is 0 Å². The number of hydrogen-bond donors (Lipinski definition) is 0. The Morgan fingerprint density at radius 1 is 1.15 bits per heavy atom. The first-order valence-corrected chi connectivity index (χ1v) is 7.86. The van der Waals surface area contributed by atoms with Crippen molar-refractivity contribution < 1.29 is 0 Å². The maximum atomic E-state index is 4.22. The highest BCUT2D eigenvalue weighted by atomic mass is 15.1. The summed E-state index contributed by atoms with van der Waals surface area (Å²) in [6.45, 7) is 4.56. The van der Waals surface area contributed by atoms with Crippen molar-refractivity contribution in [2.75, 3.05) is 0 Å². The van der Waals surface area contributed by atoms with E-state index in [2.05, 4.69) is 59.9 Å². The van der Waals surface area contributed by atoms with Gasteiger partial charge in [0.1, 0.15) is 0 Å². The van der Waals surface area contributed by atoms with Gasteiger partial charge in [0.05, 0.1) is 6.33 Å². The second kappa shape index (κ2) is 7.88. The van der Waals surface area contributed by atoms with Gasteiger partial charge in [-0.2, -0.15) is 0 Å². The third-order valence-corrected chi connectivity index (χ3v) is 4.14. The summed E-state index contributed by atoms with van der Waals surface area (Å²) < 4.78 is 2.29. The highest BCUT2D eigenvalue weighted by Gasteiger charge is 2.21. The number of nitrogens with zero attached hydrogens (tertiary/aromatic N) is 2. The van der Waals surface area contributed by atoms with Crippen LogP contribution < -0.4 is 0 Å². The number of aromatic nitrogens is 2. The molecule has 0 radical (unpaired) electrons. The lowest BCUT2D eigenvalue weighted by atomic mass is 9.86. The molecular weight excluding hydrogens is 244 g/mol. The predicted molar refractivity (Wildman–Crippen MR) is 84.7 cm³/mol. The fourth-order valence-corrected chi connectivity index (χ4v) is 3.07. The summed E-state index contributed by atoms with van der Waals surface area (Å²) in [4.78, 5) is 4.22. The zero-order valence-corrected chi connectivity index (χ0v) is 12.7. The Bertz CT molecular complexity index is 461. The van der Waals surface area contributed by atoms with Gasteiger partial charge in [-0.25, -0.2) is 4.98 Å². The summed E-state index contributed by atoms with van der Waals surface area (Å²) in [7, 11) is 0. The molecule has 0 N–H and O–H groups in total. The molecule has 0 aliphatic carbocycles. The Hall–Kier alpha value is -1.57. The SMILES string of the molecule is CCCCC(Cc1ccccc1)C(CC)n1ccnc1. The third kappa shape index (κ3) is 3.96. The van der Waals surface area contributed by atoms with Crippen LogP contribution >= 0.6 is 0 Å². The zero-order chi connectivity index (χ0) is 14.2. The maximum absolute atomic E-state index is 4.22. The second-order valence-corrected chi connectivity index (χ2v) is 5.58. The fourth-order valence-electron chi connectivity index (χ4n) is 3.07. The predicted octanol–water partition coefficient (Wildman–Crippen LogP) is 4.88. The fraction of sp³-hybridized carbons (Fsp3) is 0.500. The van der Waals surface area contributed by atoms with Gasteiger partial charge in [-0.1, -0.05) is 57.0 Å². The smallest absolute Gasteiger partial charge is 0.0948 e. The van der Waals surface area contributed by atoms with Gasteiger partial charge in [-0.05, 0) is 30.7 Å². The molecule has 1 heterocycles. The minimum Gasteiger partial charge on any atom is -0.334 e. The lowest BCUT2D eigenvalue weighted by Crippen LogP contribution is -2.20. The van der Waals surface area contributed by atoms with E-state index in [-0.39, 0.29) is 0 Å². The molecule has 0 amide bonds. The van der Waals surface area contributed by atoms with Crippen LogP contribution in [0.1, 0.15) is 51.1 Å². The summed E-state index contributed by atoms with van der Waals surface area (Å²) in [5.41, 5.74) is 1.45. The van der Waals surface area contributed by atoms with Crippen molar-refractivity contribution >= 4 is 0 Å². The Morgan fingerprint density at radius 3 is 2.55 bits per heavy atom.